The van der Waals surface area contributed by atoms with E-state index in [4.69, 9.17) is 16.7 Å². The summed E-state index contributed by atoms with van der Waals surface area (Å²) in [5, 5.41) is 3.54. The normalized spacial score (nSPS) is 13.0. The fourth-order valence-electron chi connectivity index (χ4n) is 1.66. The summed E-state index contributed by atoms with van der Waals surface area (Å²) in [4.78, 5) is 3.89. The predicted octanol–water partition coefficient (Wildman–Crippen LogP) is 3.54. The van der Waals surface area contributed by atoms with Gasteiger partial charge in [-0.3, -0.25) is 0 Å². The van der Waals surface area contributed by atoms with Crippen molar-refractivity contribution >= 4 is 15.9 Å². The molecule has 0 spiro atoms. The number of hydrogen-bond donors (Lipinski definition) is 1. The molecule has 8 heteroatoms. The van der Waals surface area contributed by atoms with Gasteiger partial charge in [0.2, 0.25) is 11.7 Å². The van der Waals surface area contributed by atoms with E-state index in [0.717, 1.165) is 6.07 Å². The fourth-order valence-corrected chi connectivity index (χ4v) is 2.02. The van der Waals surface area contributed by atoms with Gasteiger partial charge in [-0.05, 0) is 18.2 Å². The monoisotopic (exact) mass is 359 g/mol. The van der Waals surface area contributed by atoms with Gasteiger partial charge in [0.05, 0.1) is 11.6 Å². The summed E-state index contributed by atoms with van der Waals surface area (Å²) in [6, 6.07) is 2.96. The van der Waals surface area contributed by atoms with E-state index in [0.29, 0.717) is 4.47 Å². The van der Waals surface area contributed by atoms with Crippen molar-refractivity contribution in [2.75, 3.05) is 0 Å². The van der Waals surface area contributed by atoms with Crippen LogP contribution in [0.5, 0.6) is 0 Å². The lowest BCUT2D eigenvalue weighted by molar-refractivity contribution is -0.137. The Balaban J connectivity index is 2.46. The van der Waals surface area contributed by atoms with Crippen molar-refractivity contribution in [3.05, 3.63) is 34.1 Å². The van der Waals surface area contributed by atoms with Crippen molar-refractivity contribution in [3.63, 3.8) is 0 Å². The van der Waals surface area contributed by atoms with E-state index in [-0.39, 0.29) is 23.7 Å². The van der Waals surface area contributed by atoms with Crippen molar-refractivity contribution in [2.24, 2.45) is 5.73 Å². The molecule has 0 fully saturated rings. The number of benzene rings is 1. The molecular weight excluding hydrogens is 351 g/mol. The van der Waals surface area contributed by atoms with Crippen LogP contribution in [0.25, 0.3) is 11.4 Å². The van der Waals surface area contributed by atoms with Crippen molar-refractivity contribution in [3.8, 4) is 23.7 Å². The van der Waals surface area contributed by atoms with Gasteiger partial charge in [-0.15, -0.1) is 12.3 Å². The summed E-state index contributed by atoms with van der Waals surface area (Å²) in [6.07, 6.45) is 0.715. The lowest BCUT2D eigenvalue weighted by Gasteiger charge is -2.10. The van der Waals surface area contributed by atoms with Crippen LogP contribution in [0, 0.1) is 12.3 Å². The van der Waals surface area contributed by atoms with Crippen LogP contribution in [0.4, 0.5) is 13.2 Å². The van der Waals surface area contributed by atoms with Crippen LogP contribution in [-0.2, 0) is 6.18 Å². The first kappa shape index (κ1) is 15.5. The van der Waals surface area contributed by atoms with Crippen LogP contribution < -0.4 is 5.73 Å². The van der Waals surface area contributed by atoms with E-state index >= 15 is 0 Å². The molecule has 0 saturated carbocycles. The second-order valence-electron chi connectivity index (χ2n) is 4.16. The van der Waals surface area contributed by atoms with Gasteiger partial charge in [-0.25, -0.2) is 0 Å². The minimum atomic E-state index is -4.54. The smallest absolute Gasteiger partial charge is 0.337 e. The minimum Gasteiger partial charge on any atom is -0.337 e. The molecule has 1 aromatic heterocycles. The molecule has 0 amide bonds. The Bertz CT molecular complexity index is 691. The van der Waals surface area contributed by atoms with Crippen LogP contribution in [0.2, 0.25) is 0 Å². The summed E-state index contributed by atoms with van der Waals surface area (Å²) in [6.45, 7) is 0. The number of nitrogens with two attached hydrogens (primary N) is 1. The number of halogens is 4. The van der Waals surface area contributed by atoms with E-state index in [1.807, 2.05) is 0 Å². The van der Waals surface area contributed by atoms with E-state index in [2.05, 4.69) is 32.0 Å². The molecule has 0 aliphatic heterocycles. The van der Waals surface area contributed by atoms with Gasteiger partial charge in [-0.2, -0.15) is 18.2 Å². The number of nitrogens with zero attached hydrogens (tertiary/aromatic N) is 2. The number of rotatable bonds is 3. The van der Waals surface area contributed by atoms with Gasteiger partial charge in [0, 0.05) is 16.5 Å². The summed E-state index contributed by atoms with van der Waals surface area (Å²) in [5.41, 5.74) is 4.62. The third-order valence-corrected chi connectivity index (χ3v) is 3.12. The first-order valence-electron chi connectivity index (χ1n) is 5.72. The number of aromatic nitrogens is 2. The van der Waals surface area contributed by atoms with Crippen LogP contribution in [-0.4, -0.2) is 10.1 Å². The maximum absolute atomic E-state index is 13.0. The molecule has 110 valence electrons. The van der Waals surface area contributed by atoms with Gasteiger partial charge in [-0.1, -0.05) is 21.1 Å². The van der Waals surface area contributed by atoms with Crippen molar-refractivity contribution in [1.29, 1.82) is 0 Å². The Morgan fingerprint density at radius 2 is 2.14 bits per heavy atom. The van der Waals surface area contributed by atoms with Gasteiger partial charge < -0.3 is 10.3 Å². The Hall–Kier alpha value is -1.85. The predicted molar refractivity (Wildman–Crippen MR) is 72.8 cm³/mol. The number of alkyl halides is 3. The first-order valence-corrected chi connectivity index (χ1v) is 6.52. The molecule has 1 unspecified atom stereocenters. The van der Waals surface area contributed by atoms with E-state index in [1.165, 1.54) is 12.1 Å². The zero-order chi connectivity index (χ0) is 15.6. The molecule has 0 aliphatic carbocycles. The minimum absolute atomic E-state index is 0.000932. The molecule has 0 saturated heterocycles. The Morgan fingerprint density at radius 1 is 1.43 bits per heavy atom. The highest BCUT2D eigenvalue weighted by Crippen LogP contribution is 2.37. The summed E-state index contributed by atoms with van der Waals surface area (Å²) >= 11 is 3.00. The van der Waals surface area contributed by atoms with E-state index in [1.54, 1.807) is 0 Å². The lowest BCUT2D eigenvalue weighted by Crippen LogP contribution is -2.10. The molecule has 0 bridgehead atoms. The Kier molecular flexibility index (Phi) is 4.34. The van der Waals surface area contributed by atoms with E-state index < -0.39 is 17.8 Å². The molecule has 1 aromatic carbocycles. The molecule has 0 aliphatic rings. The summed E-state index contributed by atoms with van der Waals surface area (Å²) in [5.74, 6) is 2.14. The largest absolute Gasteiger partial charge is 0.417 e. The lowest BCUT2D eigenvalue weighted by atomic mass is 10.1. The highest BCUT2D eigenvalue weighted by molar-refractivity contribution is 9.10. The molecule has 0 radical (unpaired) electrons. The van der Waals surface area contributed by atoms with Gasteiger partial charge in [0.1, 0.15) is 0 Å². The van der Waals surface area contributed by atoms with Gasteiger partial charge in [0.15, 0.2) is 0 Å². The SMILES string of the molecule is C#CCC(N)c1nc(-c2ccc(Br)cc2C(F)(F)F)no1. The van der Waals surface area contributed by atoms with Crippen molar-refractivity contribution < 1.29 is 17.7 Å². The van der Waals surface area contributed by atoms with Crippen LogP contribution in [0.3, 0.4) is 0 Å². The third kappa shape index (κ3) is 3.43. The van der Waals surface area contributed by atoms with E-state index in [9.17, 15) is 13.2 Å². The van der Waals surface area contributed by atoms with Gasteiger partial charge >= 0.3 is 6.18 Å². The highest BCUT2D eigenvalue weighted by Gasteiger charge is 2.35. The topological polar surface area (TPSA) is 64.9 Å². The summed E-state index contributed by atoms with van der Waals surface area (Å²) < 4.78 is 44.3. The molecule has 2 N–H and O–H groups in total. The first-order chi connectivity index (χ1) is 9.82. The fraction of sp³-hybridized carbons (Fsp3) is 0.231. The zero-order valence-electron chi connectivity index (χ0n) is 10.5. The molecule has 1 heterocycles. The van der Waals surface area contributed by atoms with Crippen LogP contribution >= 0.6 is 15.9 Å². The number of hydrogen-bond acceptors (Lipinski definition) is 4. The molecule has 1 atom stereocenters. The molecular formula is C13H9BrF3N3O. The van der Waals surface area contributed by atoms with Crippen molar-refractivity contribution in [2.45, 2.75) is 18.6 Å². The summed E-state index contributed by atoms with van der Waals surface area (Å²) in [7, 11) is 0. The third-order valence-electron chi connectivity index (χ3n) is 2.62. The average molecular weight is 360 g/mol. The van der Waals surface area contributed by atoms with Crippen LogP contribution in [0.15, 0.2) is 27.2 Å². The maximum atomic E-state index is 13.0. The Labute approximate surface area is 126 Å². The van der Waals surface area contributed by atoms with Crippen molar-refractivity contribution in [1.82, 2.24) is 10.1 Å². The average Bonchev–Trinajstić information content (AvgIpc) is 2.87. The molecule has 4 nitrogen and oxygen atoms in total. The Morgan fingerprint density at radius 3 is 2.76 bits per heavy atom. The standard InChI is InChI=1S/C13H9BrF3N3O/c1-2-3-10(18)12-19-11(20-21-12)8-5-4-7(14)6-9(8)13(15,16)17/h1,4-6,10H,3,18H2. The highest BCUT2D eigenvalue weighted by atomic mass is 79.9. The second kappa shape index (κ2) is 5.87. The quantitative estimate of drug-likeness (QED) is 0.851. The molecule has 2 rings (SSSR count). The molecule has 2 aromatic rings. The molecule has 21 heavy (non-hydrogen) atoms. The second-order valence-corrected chi connectivity index (χ2v) is 5.07. The zero-order valence-corrected chi connectivity index (χ0v) is 12.1. The number of terminal acetylenes is 1. The van der Waals surface area contributed by atoms with Crippen LogP contribution in [0.1, 0.15) is 23.9 Å². The maximum Gasteiger partial charge on any atom is 0.417 e. The van der Waals surface area contributed by atoms with Gasteiger partial charge in [0.25, 0.3) is 0 Å².